The summed E-state index contributed by atoms with van der Waals surface area (Å²) in [7, 11) is 0. The molecule has 0 radical (unpaired) electrons. The van der Waals surface area contributed by atoms with E-state index in [4.69, 9.17) is 5.11 Å². The lowest BCUT2D eigenvalue weighted by atomic mass is 10.0. The average Bonchev–Trinajstić information content (AvgIpc) is 2.19. The zero-order valence-electron chi connectivity index (χ0n) is 8.66. The summed E-state index contributed by atoms with van der Waals surface area (Å²) in [4.78, 5) is 10.5. The molecule has 4 heteroatoms. The molecule has 82 valence electrons. The summed E-state index contributed by atoms with van der Waals surface area (Å²) in [5.41, 5.74) is 0. The van der Waals surface area contributed by atoms with Crippen LogP contribution < -0.4 is 5.32 Å². The topological polar surface area (TPSA) is 49.3 Å². The van der Waals surface area contributed by atoms with Crippen molar-refractivity contribution < 1.29 is 9.90 Å². The molecular weight excluding hydrogens is 198 g/mol. The summed E-state index contributed by atoms with van der Waals surface area (Å²) in [6, 6.07) is 0.622. The van der Waals surface area contributed by atoms with Crippen molar-refractivity contribution in [3.05, 3.63) is 0 Å². The smallest absolute Gasteiger partial charge is 0.316 e. The quantitative estimate of drug-likeness (QED) is 0.736. The van der Waals surface area contributed by atoms with Crippen molar-refractivity contribution >= 4 is 17.7 Å². The minimum atomic E-state index is -0.702. The SMILES string of the molecule is CC(SCCC1CCCCN1)C(=O)O. The Morgan fingerprint density at radius 1 is 1.64 bits per heavy atom. The van der Waals surface area contributed by atoms with E-state index in [1.54, 1.807) is 6.92 Å². The summed E-state index contributed by atoms with van der Waals surface area (Å²) in [6.07, 6.45) is 4.95. The molecule has 2 N–H and O–H groups in total. The maximum atomic E-state index is 10.5. The lowest BCUT2D eigenvalue weighted by Gasteiger charge is -2.23. The van der Waals surface area contributed by atoms with Crippen LogP contribution in [-0.4, -0.2) is 34.7 Å². The highest BCUT2D eigenvalue weighted by Crippen LogP contribution is 2.16. The predicted molar refractivity (Wildman–Crippen MR) is 59.8 cm³/mol. The molecule has 1 saturated heterocycles. The van der Waals surface area contributed by atoms with E-state index in [2.05, 4.69) is 5.32 Å². The van der Waals surface area contributed by atoms with E-state index >= 15 is 0 Å². The van der Waals surface area contributed by atoms with Crippen LogP contribution in [0.2, 0.25) is 0 Å². The number of carboxylic acids is 1. The van der Waals surface area contributed by atoms with Crippen LogP contribution in [0.25, 0.3) is 0 Å². The predicted octanol–water partition coefficient (Wildman–Crippen LogP) is 1.72. The van der Waals surface area contributed by atoms with Crippen molar-refractivity contribution in [1.29, 1.82) is 0 Å². The Morgan fingerprint density at radius 2 is 2.43 bits per heavy atom. The van der Waals surface area contributed by atoms with Crippen molar-refractivity contribution in [2.75, 3.05) is 12.3 Å². The first-order valence-corrected chi connectivity index (χ1v) is 6.33. The number of rotatable bonds is 5. The molecule has 0 spiro atoms. The van der Waals surface area contributed by atoms with Gasteiger partial charge in [0.1, 0.15) is 0 Å². The van der Waals surface area contributed by atoms with Gasteiger partial charge in [-0.25, -0.2) is 0 Å². The van der Waals surface area contributed by atoms with E-state index in [0.717, 1.165) is 18.7 Å². The van der Waals surface area contributed by atoms with Crippen LogP contribution >= 0.6 is 11.8 Å². The van der Waals surface area contributed by atoms with Crippen molar-refractivity contribution in [2.45, 2.75) is 43.9 Å². The summed E-state index contributed by atoms with van der Waals surface area (Å²) < 4.78 is 0. The molecule has 0 bridgehead atoms. The number of hydrogen-bond acceptors (Lipinski definition) is 3. The van der Waals surface area contributed by atoms with Crippen LogP contribution in [-0.2, 0) is 4.79 Å². The monoisotopic (exact) mass is 217 g/mol. The fraction of sp³-hybridized carbons (Fsp3) is 0.900. The highest BCUT2D eigenvalue weighted by atomic mass is 32.2. The molecule has 1 heterocycles. The summed E-state index contributed by atoms with van der Waals surface area (Å²) in [5, 5.41) is 11.9. The molecule has 1 fully saturated rings. The van der Waals surface area contributed by atoms with Crippen LogP contribution in [0.5, 0.6) is 0 Å². The molecule has 3 nitrogen and oxygen atoms in total. The molecule has 0 aromatic heterocycles. The Hall–Kier alpha value is -0.220. The fourth-order valence-corrected chi connectivity index (χ4v) is 2.55. The van der Waals surface area contributed by atoms with E-state index in [1.807, 2.05) is 0 Å². The molecule has 0 saturated carbocycles. The van der Waals surface area contributed by atoms with Gasteiger partial charge < -0.3 is 10.4 Å². The molecule has 14 heavy (non-hydrogen) atoms. The zero-order chi connectivity index (χ0) is 10.4. The highest BCUT2D eigenvalue weighted by Gasteiger charge is 2.14. The third kappa shape index (κ3) is 4.33. The summed E-state index contributed by atoms with van der Waals surface area (Å²) >= 11 is 1.54. The van der Waals surface area contributed by atoms with E-state index in [9.17, 15) is 4.79 Å². The van der Waals surface area contributed by atoms with Crippen LogP contribution in [0.4, 0.5) is 0 Å². The first kappa shape index (κ1) is 11.9. The first-order valence-electron chi connectivity index (χ1n) is 5.28. The summed E-state index contributed by atoms with van der Waals surface area (Å²) in [6.45, 7) is 2.88. The number of piperidine rings is 1. The van der Waals surface area contributed by atoms with Crippen LogP contribution in [0, 0.1) is 0 Å². The van der Waals surface area contributed by atoms with Gasteiger partial charge in [-0.3, -0.25) is 4.79 Å². The first-order chi connectivity index (χ1) is 6.70. The summed E-state index contributed by atoms with van der Waals surface area (Å²) in [5.74, 6) is 0.247. The van der Waals surface area contributed by atoms with Gasteiger partial charge in [0.15, 0.2) is 0 Å². The normalized spacial score (nSPS) is 24.5. The van der Waals surface area contributed by atoms with Crippen LogP contribution in [0.1, 0.15) is 32.6 Å². The van der Waals surface area contributed by atoms with Gasteiger partial charge in [-0.15, -0.1) is 11.8 Å². The Bertz CT molecular complexity index is 181. The number of carboxylic acid groups (broad SMARTS) is 1. The van der Waals surface area contributed by atoms with E-state index < -0.39 is 5.97 Å². The van der Waals surface area contributed by atoms with Crippen molar-refractivity contribution in [3.63, 3.8) is 0 Å². The highest BCUT2D eigenvalue weighted by molar-refractivity contribution is 8.00. The van der Waals surface area contributed by atoms with Crippen LogP contribution in [0.15, 0.2) is 0 Å². The second kappa shape index (κ2) is 6.30. The largest absolute Gasteiger partial charge is 0.480 e. The second-order valence-corrected chi connectivity index (χ2v) is 5.24. The van der Waals surface area contributed by atoms with Gasteiger partial charge >= 0.3 is 5.97 Å². The maximum Gasteiger partial charge on any atom is 0.316 e. The number of hydrogen-bond donors (Lipinski definition) is 2. The Labute approximate surface area is 89.6 Å². The third-order valence-electron chi connectivity index (χ3n) is 2.59. The van der Waals surface area contributed by atoms with Gasteiger partial charge in [-0.2, -0.15) is 0 Å². The molecule has 0 aromatic rings. The standard InChI is InChI=1S/C10H19NO2S/c1-8(10(12)13)14-7-5-9-4-2-3-6-11-9/h8-9,11H,2-7H2,1H3,(H,12,13). The average molecular weight is 217 g/mol. The van der Waals surface area contributed by atoms with E-state index in [-0.39, 0.29) is 5.25 Å². The molecule has 0 aliphatic carbocycles. The Morgan fingerprint density at radius 3 is 3.00 bits per heavy atom. The minimum Gasteiger partial charge on any atom is -0.480 e. The molecule has 1 rings (SSSR count). The molecule has 2 unspecified atom stereocenters. The van der Waals surface area contributed by atoms with Gasteiger partial charge in [-0.1, -0.05) is 6.42 Å². The van der Waals surface area contributed by atoms with E-state index in [0.29, 0.717) is 6.04 Å². The van der Waals surface area contributed by atoms with Crippen molar-refractivity contribution in [1.82, 2.24) is 5.32 Å². The van der Waals surface area contributed by atoms with Gasteiger partial charge in [0.25, 0.3) is 0 Å². The lowest BCUT2D eigenvalue weighted by Crippen LogP contribution is -2.34. The van der Waals surface area contributed by atoms with Gasteiger partial charge in [0.2, 0.25) is 0 Å². The number of thioether (sulfide) groups is 1. The Kier molecular flexibility index (Phi) is 5.33. The number of aliphatic carboxylic acids is 1. The molecular formula is C10H19NO2S. The minimum absolute atomic E-state index is 0.265. The van der Waals surface area contributed by atoms with Crippen molar-refractivity contribution in [2.24, 2.45) is 0 Å². The van der Waals surface area contributed by atoms with Gasteiger partial charge in [-0.05, 0) is 38.5 Å². The molecule has 2 atom stereocenters. The number of carbonyl (C=O) groups is 1. The van der Waals surface area contributed by atoms with Gasteiger partial charge in [0.05, 0.1) is 5.25 Å². The third-order valence-corrected chi connectivity index (χ3v) is 3.77. The molecule has 1 aliphatic rings. The van der Waals surface area contributed by atoms with Gasteiger partial charge in [0, 0.05) is 6.04 Å². The zero-order valence-corrected chi connectivity index (χ0v) is 9.48. The Balaban J connectivity index is 2.05. The second-order valence-electron chi connectivity index (χ2n) is 3.79. The lowest BCUT2D eigenvalue weighted by molar-refractivity contribution is -0.136. The molecule has 0 aromatic carbocycles. The number of nitrogens with one attached hydrogen (secondary N) is 1. The fourth-order valence-electron chi connectivity index (χ4n) is 1.63. The molecule has 0 amide bonds. The maximum absolute atomic E-state index is 10.5. The van der Waals surface area contributed by atoms with E-state index in [1.165, 1.54) is 31.0 Å². The van der Waals surface area contributed by atoms with Crippen molar-refractivity contribution in [3.8, 4) is 0 Å². The van der Waals surface area contributed by atoms with Crippen LogP contribution in [0.3, 0.4) is 0 Å². The molecule has 1 aliphatic heterocycles.